The molecule has 8 nitrogen and oxygen atoms in total. The summed E-state index contributed by atoms with van der Waals surface area (Å²) in [6.07, 6.45) is 1.90. The molecule has 1 saturated heterocycles. The number of nitrogens with one attached hydrogen (secondary N) is 1. The average molecular weight is 366 g/mol. The van der Waals surface area contributed by atoms with Crippen molar-refractivity contribution in [1.29, 1.82) is 0 Å². The molecule has 0 aromatic carbocycles. The lowest BCUT2D eigenvalue weighted by Gasteiger charge is -2.35. The van der Waals surface area contributed by atoms with Gasteiger partial charge in [0.15, 0.2) is 0 Å². The first-order chi connectivity index (χ1) is 13.0. The lowest BCUT2D eigenvalue weighted by atomic mass is 10.2. The number of hydrogen-bond donors (Lipinski definition) is 2. The number of aromatic nitrogens is 4. The lowest BCUT2D eigenvalue weighted by Crippen LogP contribution is -2.46. The van der Waals surface area contributed by atoms with Crippen LogP contribution in [0, 0.1) is 0 Å². The second-order valence-corrected chi connectivity index (χ2v) is 6.89. The summed E-state index contributed by atoms with van der Waals surface area (Å²) in [4.78, 5) is 30.7. The molecule has 3 aromatic heterocycles. The molecule has 0 saturated carbocycles. The van der Waals surface area contributed by atoms with Crippen LogP contribution in [0.5, 0.6) is 0 Å². The normalized spacial score (nSPS) is 20.2. The van der Waals surface area contributed by atoms with Crippen molar-refractivity contribution in [3.05, 3.63) is 46.5 Å². The Balaban J connectivity index is 1.74. The summed E-state index contributed by atoms with van der Waals surface area (Å²) in [5.41, 5.74) is 8.18. The summed E-state index contributed by atoms with van der Waals surface area (Å²) < 4.78 is 5.76. The first-order valence-corrected chi connectivity index (χ1v) is 8.99. The number of ether oxygens (including phenoxy) is 1. The zero-order valence-corrected chi connectivity index (χ0v) is 15.3. The molecule has 3 aromatic rings. The topological polar surface area (TPSA) is 110 Å². The third-order valence-electron chi connectivity index (χ3n) is 4.55. The number of hydrogen-bond acceptors (Lipinski definition) is 7. The molecule has 1 fully saturated rings. The molecule has 1 aliphatic rings. The van der Waals surface area contributed by atoms with Gasteiger partial charge in [-0.15, -0.1) is 0 Å². The van der Waals surface area contributed by atoms with E-state index in [9.17, 15) is 4.79 Å². The highest BCUT2D eigenvalue weighted by molar-refractivity contribution is 5.80. The maximum absolute atomic E-state index is 12.2. The van der Waals surface area contributed by atoms with Gasteiger partial charge in [-0.05, 0) is 32.0 Å². The number of H-pyrrole nitrogens is 1. The van der Waals surface area contributed by atoms with Crippen LogP contribution in [0.3, 0.4) is 0 Å². The van der Waals surface area contributed by atoms with Crippen molar-refractivity contribution in [3.8, 4) is 11.4 Å². The van der Waals surface area contributed by atoms with Crippen LogP contribution in [0.4, 0.5) is 5.95 Å². The average Bonchev–Trinajstić information content (AvgIpc) is 2.65. The van der Waals surface area contributed by atoms with E-state index in [1.807, 2.05) is 36.9 Å². The molecule has 140 valence electrons. The largest absolute Gasteiger partial charge is 0.372 e. The number of nitrogens with zero attached hydrogens (tertiary/aromatic N) is 4. The minimum absolute atomic E-state index is 0.0729. The van der Waals surface area contributed by atoms with Gasteiger partial charge in [-0.1, -0.05) is 0 Å². The van der Waals surface area contributed by atoms with E-state index < -0.39 is 0 Å². The van der Waals surface area contributed by atoms with Gasteiger partial charge in [-0.25, -0.2) is 9.97 Å². The van der Waals surface area contributed by atoms with Crippen LogP contribution < -0.4 is 16.2 Å². The Hall–Kier alpha value is -2.84. The smallest absolute Gasteiger partial charge is 0.252 e. The minimum atomic E-state index is -0.207. The van der Waals surface area contributed by atoms with Gasteiger partial charge in [0.2, 0.25) is 5.95 Å². The molecule has 27 heavy (non-hydrogen) atoms. The van der Waals surface area contributed by atoms with E-state index in [1.165, 1.54) is 6.07 Å². The van der Waals surface area contributed by atoms with Crippen molar-refractivity contribution in [2.75, 3.05) is 18.0 Å². The fourth-order valence-electron chi connectivity index (χ4n) is 3.39. The number of rotatable bonds is 3. The maximum atomic E-state index is 12.2. The van der Waals surface area contributed by atoms with Gasteiger partial charge in [-0.3, -0.25) is 14.8 Å². The van der Waals surface area contributed by atoms with Crippen LogP contribution in [-0.4, -0.2) is 45.2 Å². The molecule has 0 amide bonds. The summed E-state index contributed by atoms with van der Waals surface area (Å²) in [7, 11) is 0. The molecule has 2 atom stereocenters. The summed E-state index contributed by atoms with van der Waals surface area (Å²) >= 11 is 0. The Morgan fingerprint density at radius 3 is 2.70 bits per heavy atom. The van der Waals surface area contributed by atoms with Gasteiger partial charge in [0, 0.05) is 37.3 Å². The van der Waals surface area contributed by atoms with Gasteiger partial charge < -0.3 is 15.4 Å². The second-order valence-electron chi connectivity index (χ2n) is 6.89. The Morgan fingerprint density at radius 1 is 1.19 bits per heavy atom. The van der Waals surface area contributed by atoms with E-state index in [2.05, 4.69) is 19.9 Å². The van der Waals surface area contributed by atoms with Gasteiger partial charge in [0.25, 0.3) is 5.56 Å². The van der Waals surface area contributed by atoms with Crippen molar-refractivity contribution in [1.82, 2.24) is 19.9 Å². The van der Waals surface area contributed by atoms with Crippen LogP contribution in [0.2, 0.25) is 0 Å². The molecule has 0 unspecified atom stereocenters. The van der Waals surface area contributed by atoms with Crippen molar-refractivity contribution < 1.29 is 4.74 Å². The van der Waals surface area contributed by atoms with Crippen molar-refractivity contribution >= 4 is 16.9 Å². The van der Waals surface area contributed by atoms with E-state index in [4.69, 9.17) is 10.5 Å². The van der Waals surface area contributed by atoms with Crippen LogP contribution in [-0.2, 0) is 11.3 Å². The zero-order valence-electron chi connectivity index (χ0n) is 15.3. The van der Waals surface area contributed by atoms with Crippen LogP contribution in [0.25, 0.3) is 22.3 Å². The number of anilines is 1. The first-order valence-electron chi connectivity index (χ1n) is 8.99. The molecule has 1 aliphatic heterocycles. The first kappa shape index (κ1) is 17.6. The minimum Gasteiger partial charge on any atom is -0.372 e. The third-order valence-corrected chi connectivity index (χ3v) is 4.55. The van der Waals surface area contributed by atoms with Gasteiger partial charge in [0.1, 0.15) is 0 Å². The third kappa shape index (κ3) is 3.67. The predicted molar refractivity (Wildman–Crippen MR) is 104 cm³/mol. The second kappa shape index (κ2) is 7.05. The molecule has 0 aliphatic carbocycles. The summed E-state index contributed by atoms with van der Waals surface area (Å²) in [5, 5.41) is 0.914. The monoisotopic (exact) mass is 366 g/mol. The highest BCUT2D eigenvalue weighted by Crippen LogP contribution is 2.21. The Morgan fingerprint density at radius 2 is 1.96 bits per heavy atom. The highest BCUT2D eigenvalue weighted by atomic mass is 16.5. The molecule has 8 heteroatoms. The van der Waals surface area contributed by atoms with E-state index in [1.54, 1.807) is 6.20 Å². The van der Waals surface area contributed by atoms with Gasteiger partial charge in [-0.2, -0.15) is 0 Å². The quantitative estimate of drug-likeness (QED) is 0.722. The molecule has 4 heterocycles. The summed E-state index contributed by atoms with van der Waals surface area (Å²) in [6.45, 7) is 5.72. The fraction of sp³-hybridized carbons (Fsp3) is 0.368. The Kier molecular flexibility index (Phi) is 4.59. The van der Waals surface area contributed by atoms with Crippen LogP contribution >= 0.6 is 0 Å². The lowest BCUT2D eigenvalue weighted by molar-refractivity contribution is -0.00572. The number of morpholine rings is 1. The van der Waals surface area contributed by atoms with Gasteiger partial charge in [0.05, 0.1) is 34.8 Å². The molecular weight excluding hydrogens is 344 g/mol. The molecule has 0 spiro atoms. The Bertz CT molecular complexity index is 1020. The molecule has 0 bridgehead atoms. The predicted octanol–water partition coefficient (Wildman–Crippen LogP) is 1.45. The zero-order chi connectivity index (χ0) is 19.0. The molecule has 0 radical (unpaired) electrons. The standard InChI is InChI=1S/C19H22N6O2/c1-11-9-25(10-12(2)27-11)19-23-17(6-18(26)24-19)15-4-3-13-8-21-14(7-20)5-16(13)22-15/h3-6,8,11-12H,7,9-10,20H2,1-2H3,(H,23,24,26)/t11-,12+. The molecule has 4 rings (SSSR count). The summed E-state index contributed by atoms with van der Waals surface area (Å²) in [6, 6.07) is 7.10. The highest BCUT2D eigenvalue weighted by Gasteiger charge is 2.24. The van der Waals surface area contributed by atoms with Gasteiger partial charge >= 0.3 is 0 Å². The van der Waals surface area contributed by atoms with Crippen molar-refractivity contribution in [2.45, 2.75) is 32.6 Å². The van der Waals surface area contributed by atoms with E-state index in [0.717, 1.165) is 16.6 Å². The van der Waals surface area contributed by atoms with E-state index in [0.29, 0.717) is 37.0 Å². The maximum Gasteiger partial charge on any atom is 0.252 e. The van der Waals surface area contributed by atoms with Crippen molar-refractivity contribution in [2.24, 2.45) is 5.73 Å². The molecular formula is C19H22N6O2. The number of aromatic amines is 1. The summed E-state index contributed by atoms with van der Waals surface area (Å²) in [5.74, 6) is 0.541. The number of nitrogens with two attached hydrogens (primary N) is 1. The van der Waals surface area contributed by atoms with E-state index in [-0.39, 0.29) is 17.8 Å². The number of fused-ring (bicyclic) bond motifs is 1. The van der Waals surface area contributed by atoms with E-state index >= 15 is 0 Å². The fourth-order valence-corrected chi connectivity index (χ4v) is 3.39. The number of pyridine rings is 2. The van der Waals surface area contributed by atoms with Crippen molar-refractivity contribution in [3.63, 3.8) is 0 Å². The molecule has 3 N–H and O–H groups in total. The van der Waals surface area contributed by atoms with Crippen LogP contribution in [0.15, 0.2) is 35.3 Å². The SMILES string of the molecule is C[C@@H]1CN(c2nc(-c3ccc4cnc(CN)cc4n3)cc(=O)[nH]2)C[C@H](C)O1. The Labute approximate surface area is 156 Å². The van der Waals surface area contributed by atoms with Crippen LogP contribution in [0.1, 0.15) is 19.5 Å².